The van der Waals surface area contributed by atoms with Gasteiger partial charge in [0.15, 0.2) is 5.84 Å². The summed E-state index contributed by atoms with van der Waals surface area (Å²) < 4.78 is 30.2. The Kier molecular flexibility index (Phi) is 7.50. The molecule has 0 aliphatic carbocycles. The fourth-order valence-electron chi connectivity index (χ4n) is 5.14. The molecular weight excluding hydrogens is 536 g/mol. The molecule has 3 aromatic rings. The number of hydrogen-bond acceptors (Lipinski definition) is 3. The molecule has 0 unspecified atom stereocenters. The van der Waals surface area contributed by atoms with Crippen molar-refractivity contribution < 1.29 is 14.0 Å². The first-order valence-electron chi connectivity index (χ1n) is 11.3. The maximum Gasteiger partial charge on any atom is 0.170 e. The smallest absolute Gasteiger partial charge is 0.170 e. The highest BCUT2D eigenvalue weighted by atomic mass is 79.9. The van der Waals surface area contributed by atoms with Crippen molar-refractivity contribution in [1.29, 1.82) is 0 Å². The van der Waals surface area contributed by atoms with E-state index in [2.05, 4.69) is 26.0 Å². The minimum absolute atomic E-state index is 0.00856. The third kappa shape index (κ3) is 5.68. The van der Waals surface area contributed by atoms with Crippen molar-refractivity contribution in [2.24, 2.45) is 16.8 Å². The van der Waals surface area contributed by atoms with Crippen LogP contribution in [0, 0.1) is 11.7 Å². The Morgan fingerprint density at radius 1 is 1.09 bits per heavy atom. The molecule has 1 aliphatic rings. The lowest BCUT2D eigenvalue weighted by Crippen LogP contribution is -2.53. The van der Waals surface area contributed by atoms with Gasteiger partial charge in [-0.25, -0.2) is 8.78 Å². The maximum absolute atomic E-state index is 15.5. The summed E-state index contributed by atoms with van der Waals surface area (Å²) in [6, 6.07) is 19.6. The van der Waals surface area contributed by atoms with Crippen LogP contribution in [0.25, 0.3) is 0 Å². The van der Waals surface area contributed by atoms with Gasteiger partial charge in [-0.1, -0.05) is 63.0 Å². The Morgan fingerprint density at radius 2 is 1.77 bits per heavy atom. The number of oxime groups is 1. The van der Waals surface area contributed by atoms with Gasteiger partial charge < -0.3 is 10.9 Å². The van der Waals surface area contributed by atoms with E-state index in [1.54, 1.807) is 26.0 Å². The topological polar surface area (TPSA) is 61.8 Å². The summed E-state index contributed by atoms with van der Waals surface area (Å²) in [5, 5.41) is 12.9. The average molecular weight is 563 g/mol. The molecule has 0 radical (unpaired) electrons. The molecular formula is C27H27BrClF2N3O. The SMILES string of the molecule is CC(C)(F)[C@H](c1cc(F)cc(Br)c1)C1CN([C@@H](c2ccc(Cl)cc2)c2cccc(/C(N)=N/O)c2)C1. The van der Waals surface area contributed by atoms with Crippen LogP contribution in [-0.2, 0) is 0 Å². The van der Waals surface area contributed by atoms with E-state index < -0.39 is 17.4 Å². The second-order valence-corrected chi connectivity index (χ2v) is 10.9. The first-order chi connectivity index (χ1) is 16.6. The number of likely N-dealkylation sites (tertiary alicyclic amines) is 1. The van der Waals surface area contributed by atoms with Gasteiger partial charge in [0.05, 0.1) is 6.04 Å². The minimum Gasteiger partial charge on any atom is -0.409 e. The number of amidine groups is 1. The van der Waals surface area contributed by atoms with Gasteiger partial charge in [0.2, 0.25) is 0 Å². The van der Waals surface area contributed by atoms with E-state index in [0.29, 0.717) is 33.7 Å². The van der Waals surface area contributed by atoms with Gasteiger partial charge in [0.25, 0.3) is 0 Å². The molecule has 184 valence electrons. The van der Waals surface area contributed by atoms with Crippen LogP contribution < -0.4 is 5.73 Å². The summed E-state index contributed by atoms with van der Waals surface area (Å²) in [6.45, 7) is 4.34. The molecule has 1 fully saturated rings. The summed E-state index contributed by atoms with van der Waals surface area (Å²) in [7, 11) is 0. The van der Waals surface area contributed by atoms with Crippen molar-refractivity contribution in [1.82, 2.24) is 4.90 Å². The minimum atomic E-state index is -1.54. The second-order valence-electron chi connectivity index (χ2n) is 9.52. The van der Waals surface area contributed by atoms with Gasteiger partial charge in [-0.15, -0.1) is 0 Å². The largest absolute Gasteiger partial charge is 0.409 e. The second kappa shape index (κ2) is 10.2. The predicted molar refractivity (Wildman–Crippen MR) is 139 cm³/mol. The van der Waals surface area contributed by atoms with Crippen molar-refractivity contribution in [2.75, 3.05) is 13.1 Å². The van der Waals surface area contributed by atoms with Crippen LogP contribution in [0.5, 0.6) is 0 Å². The molecule has 1 heterocycles. The first-order valence-corrected chi connectivity index (χ1v) is 12.5. The molecule has 0 aromatic heterocycles. The normalized spacial score (nSPS) is 17.1. The lowest BCUT2D eigenvalue weighted by atomic mass is 9.72. The molecule has 1 aliphatic heterocycles. The van der Waals surface area contributed by atoms with E-state index >= 15 is 4.39 Å². The quantitative estimate of drug-likeness (QED) is 0.143. The van der Waals surface area contributed by atoms with Crippen LogP contribution in [0.4, 0.5) is 8.78 Å². The number of nitrogens with two attached hydrogens (primary N) is 1. The predicted octanol–water partition coefficient (Wildman–Crippen LogP) is 6.89. The van der Waals surface area contributed by atoms with Gasteiger partial charge in [-0.3, -0.25) is 4.90 Å². The van der Waals surface area contributed by atoms with E-state index in [4.69, 9.17) is 22.5 Å². The molecule has 0 amide bonds. The van der Waals surface area contributed by atoms with Gasteiger partial charge in [-0.05, 0) is 72.9 Å². The van der Waals surface area contributed by atoms with Crippen LogP contribution in [-0.4, -0.2) is 34.7 Å². The van der Waals surface area contributed by atoms with E-state index in [1.807, 2.05) is 42.5 Å². The molecule has 35 heavy (non-hydrogen) atoms. The molecule has 0 bridgehead atoms. The average Bonchev–Trinajstić information content (AvgIpc) is 2.76. The molecule has 0 saturated carbocycles. The summed E-state index contributed by atoms with van der Waals surface area (Å²) in [5.41, 5.74) is 7.53. The number of nitrogens with zero attached hydrogens (tertiary/aromatic N) is 2. The van der Waals surface area contributed by atoms with Crippen LogP contribution in [0.1, 0.15) is 48.1 Å². The van der Waals surface area contributed by atoms with Crippen LogP contribution in [0.2, 0.25) is 5.02 Å². The zero-order chi connectivity index (χ0) is 25.3. The van der Waals surface area contributed by atoms with Crippen LogP contribution in [0.3, 0.4) is 0 Å². The third-order valence-electron chi connectivity index (χ3n) is 6.55. The van der Waals surface area contributed by atoms with Crippen molar-refractivity contribution in [3.63, 3.8) is 0 Å². The Morgan fingerprint density at radius 3 is 2.37 bits per heavy atom. The Hall–Kier alpha value is -2.48. The number of benzene rings is 3. The number of alkyl halides is 1. The number of hydrogen-bond donors (Lipinski definition) is 2. The van der Waals surface area contributed by atoms with Gasteiger partial charge in [0, 0.05) is 34.1 Å². The van der Waals surface area contributed by atoms with Crippen molar-refractivity contribution in [3.05, 3.63) is 104 Å². The molecule has 4 nitrogen and oxygen atoms in total. The first kappa shape index (κ1) is 25.6. The summed E-state index contributed by atoms with van der Waals surface area (Å²) in [4.78, 5) is 2.26. The molecule has 8 heteroatoms. The van der Waals surface area contributed by atoms with Crippen molar-refractivity contribution in [3.8, 4) is 0 Å². The third-order valence-corrected chi connectivity index (χ3v) is 7.26. The van der Waals surface area contributed by atoms with Gasteiger partial charge in [-0.2, -0.15) is 0 Å². The van der Waals surface area contributed by atoms with Gasteiger partial charge >= 0.3 is 0 Å². The van der Waals surface area contributed by atoms with Gasteiger partial charge in [0.1, 0.15) is 11.5 Å². The van der Waals surface area contributed by atoms with E-state index in [0.717, 1.165) is 11.1 Å². The van der Waals surface area contributed by atoms with E-state index in [-0.39, 0.29) is 17.8 Å². The standard InChI is InChI=1S/C27H27BrClF2N3O/c1-27(2,31)24(19-11-21(28)13-23(30)12-19)20-14-34(15-20)25(16-6-8-22(29)9-7-16)17-4-3-5-18(10-17)26(32)33-35/h3-13,20,24-25,35H,14-15H2,1-2H3,(H2,32,33)/t24-,25+/m1/s1. The summed E-state index contributed by atoms with van der Waals surface area (Å²) >= 11 is 9.48. The van der Waals surface area contributed by atoms with Crippen molar-refractivity contribution in [2.45, 2.75) is 31.5 Å². The lowest BCUT2D eigenvalue weighted by Gasteiger charge is -2.50. The highest BCUT2D eigenvalue weighted by Crippen LogP contribution is 2.46. The Labute approximate surface area is 217 Å². The fourth-order valence-corrected chi connectivity index (χ4v) is 5.75. The molecule has 3 aromatic carbocycles. The maximum atomic E-state index is 15.5. The number of rotatable bonds is 7. The number of halogens is 4. The molecule has 3 N–H and O–H groups in total. The van der Waals surface area contributed by atoms with Crippen LogP contribution in [0.15, 0.2) is 76.4 Å². The summed E-state index contributed by atoms with van der Waals surface area (Å²) in [6.07, 6.45) is 0. The Balaban J connectivity index is 1.67. The van der Waals surface area contributed by atoms with E-state index in [9.17, 15) is 4.39 Å². The fraction of sp³-hybridized carbons (Fsp3) is 0.296. The molecule has 1 saturated heterocycles. The molecule has 0 spiro atoms. The highest BCUT2D eigenvalue weighted by Gasteiger charge is 2.45. The lowest BCUT2D eigenvalue weighted by molar-refractivity contribution is 0.00811. The molecule has 2 atom stereocenters. The summed E-state index contributed by atoms with van der Waals surface area (Å²) in [5.74, 6) is -0.844. The van der Waals surface area contributed by atoms with Crippen molar-refractivity contribution >= 4 is 33.4 Å². The highest BCUT2D eigenvalue weighted by molar-refractivity contribution is 9.10. The zero-order valence-corrected chi connectivity index (χ0v) is 21.8. The van der Waals surface area contributed by atoms with E-state index in [1.165, 1.54) is 12.1 Å². The molecule has 4 rings (SSSR count). The zero-order valence-electron chi connectivity index (χ0n) is 19.4. The van der Waals surface area contributed by atoms with Crippen LogP contribution >= 0.6 is 27.5 Å². The monoisotopic (exact) mass is 561 g/mol. The Bertz CT molecular complexity index is 1200.